The number of carboxylic acids is 4. The smallest absolute Gasteiger partial charge is 0.303 e. The van der Waals surface area contributed by atoms with E-state index < -0.39 is 265 Å². The summed E-state index contributed by atoms with van der Waals surface area (Å²) in [6.07, 6.45) is -1.21. The van der Waals surface area contributed by atoms with E-state index in [1.807, 2.05) is 0 Å². The number of hydrogen-bond acceptors (Lipinski definition) is 26. The van der Waals surface area contributed by atoms with Gasteiger partial charge in [0.05, 0.1) is 50.6 Å². The molecule has 0 aliphatic carbocycles. The van der Waals surface area contributed by atoms with Crippen molar-refractivity contribution in [2.75, 3.05) is 34.4 Å². The third kappa shape index (κ3) is 32.6. The molecule has 45 nitrogen and oxygen atoms in total. The molecule has 6 aromatic rings. The van der Waals surface area contributed by atoms with E-state index >= 15 is 9.59 Å². The van der Waals surface area contributed by atoms with Gasteiger partial charge in [0.15, 0.2) is 36.2 Å². The standard InChI is InChI=1S/C84H105N15O30S/c1-10-44(3)72(82(118)94-57(22-27-70(106)107)77(113)89-46(5)74(85)110)96-80(116)56(21-26-69(104)105)91-67(101)41-87-76(112)60(36-48-15-18-54(19-16-48)128-43-53-37-63(126-8)64(127-9)39-61(53)99(120)121)95-83(119)73(45(4)11-2)97-81(117)59(93-79(115)58(23-28-71(108)109)92-78(114)55(90-47(6)100)20-25-68(102)103)29-32-86-75(111)52-14-12-13-49(35-52)42-98-33-30-50(31-34-98)84-88-40-65(129-84)51-17-24-62(125-7)66(38-51)130(122,123)124/h12-19,24,30-31,33-35,37-40,44-46,55-60,72-73H,10-11,20-23,25-29,32,36,41-43H2,1-9H3,(H17-,85,86,87,89,90,91,92,93,94,95,96,97,100,101,102,103,104,105,106,107,108,109,110,111,112,113,114,115,116,117,118,119,122,123,124)/p+1/t44-,45-,46-,55-,56-,57-,58-,59-,60-,72-,73-/m0/s1. The molecule has 0 aliphatic heterocycles. The topological polar surface area (TPSA) is 677 Å². The number of methoxy groups -OCH3 is 3. The fourth-order valence-electron chi connectivity index (χ4n) is 12.8. The third-order valence-electron chi connectivity index (χ3n) is 20.4. The molecule has 130 heavy (non-hydrogen) atoms. The number of pyridine rings is 1. The van der Waals surface area contributed by atoms with E-state index in [0.29, 0.717) is 11.1 Å². The Kier molecular flexibility index (Phi) is 40.0. The summed E-state index contributed by atoms with van der Waals surface area (Å²) in [6, 6.07) is 6.90. The normalized spacial score (nSPS) is 13.6. The van der Waals surface area contributed by atoms with Crippen molar-refractivity contribution in [3.63, 3.8) is 0 Å². The first-order valence-corrected chi connectivity index (χ1v) is 42.1. The van der Waals surface area contributed by atoms with Crippen LogP contribution in [0.5, 0.6) is 23.0 Å². The molecule has 2 aromatic heterocycles. The molecular weight excluding hydrogens is 1730 g/mol. The molecule has 0 bridgehead atoms. The summed E-state index contributed by atoms with van der Waals surface area (Å²) in [7, 11) is -0.849. The van der Waals surface area contributed by atoms with Crippen LogP contribution in [0.4, 0.5) is 5.69 Å². The summed E-state index contributed by atoms with van der Waals surface area (Å²) in [5, 5.41) is 77.4. The molecule has 0 aliphatic rings. The van der Waals surface area contributed by atoms with Gasteiger partial charge in [0.1, 0.15) is 77.4 Å². The number of nitrogens with one attached hydrogen (secondary N) is 11. The minimum Gasteiger partial charge on any atom is -0.495 e. The van der Waals surface area contributed by atoms with Gasteiger partial charge in [-0.15, -0.1) is 0 Å². The zero-order valence-electron chi connectivity index (χ0n) is 72.3. The molecule has 0 unspecified atom stereocenters. The van der Waals surface area contributed by atoms with Crippen LogP contribution in [0.15, 0.2) is 119 Å². The van der Waals surface area contributed by atoms with Gasteiger partial charge < -0.3 is 108 Å². The highest BCUT2D eigenvalue weighted by Crippen LogP contribution is 2.36. The molecule has 0 saturated carbocycles. The van der Waals surface area contributed by atoms with Crippen LogP contribution >= 0.6 is 0 Å². The molecule has 6 rings (SSSR count). The number of nitro groups is 1. The first-order chi connectivity index (χ1) is 61.4. The Bertz CT molecular complexity index is 5230. The number of oxazole rings is 1. The first kappa shape index (κ1) is 104. The SMILES string of the molecule is CC[C@H](C)[C@H](NC(=O)[C@H](CCNC(=O)c1cccc(C[n+]2ccc(-c3ncc(-c4ccc(OC)c(S(=O)(=O)O)c4)o3)cc2)c1)NC(=O)[C@H](CCC(=O)O)NC(=O)[C@H](CCC(=O)O)NC(C)=O)C(=O)N[C@@H](Cc1ccc(OCc2cc(OC)c(OC)cc2[N+](=O)[O-])cc1)C(=O)NCC(=O)N[C@@H](CCC(=O)O)C(=O)N[C@H](C(=O)N[C@@H](CCC(=O)O)C(=O)N[C@@H](C)C(N)=O)[C@@H](C)CC. The summed E-state index contributed by atoms with van der Waals surface area (Å²) in [5.41, 5.74) is 6.70. The van der Waals surface area contributed by atoms with Crippen LogP contribution in [0.2, 0.25) is 0 Å². The molecule has 702 valence electrons. The summed E-state index contributed by atoms with van der Waals surface area (Å²) in [5.74, 6) is -19.4. The zero-order valence-corrected chi connectivity index (χ0v) is 73.1. The Morgan fingerprint density at radius 1 is 0.538 bits per heavy atom. The molecule has 46 heteroatoms. The fraction of sp³-hybridized carbons (Fsp3) is 0.429. The van der Waals surface area contributed by atoms with E-state index in [2.05, 4.69) is 63.5 Å². The van der Waals surface area contributed by atoms with E-state index in [-0.39, 0.29) is 82.0 Å². The molecule has 18 N–H and O–H groups in total. The number of nitrogens with zero attached hydrogens (tertiary/aromatic N) is 3. The molecule has 0 radical (unpaired) electrons. The molecule has 4 aromatic carbocycles. The molecule has 0 saturated heterocycles. The summed E-state index contributed by atoms with van der Waals surface area (Å²) in [4.78, 5) is 230. The van der Waals surface area contributed by atoms with Gasteiger partial charge in [0.25, 0.3) is 21.7 Å². The number of carboxylic acid groups (broad SMARTS) is 4. The lowest BCUT2D eigenvalue weighted by Gasteiger charge is -2.29. The first-order valence-electron chi connectivity index (χ1n) is 40.7. The van der Waals surface area contributed by atoms with Crippen molar-refractivity contribution in [2.24, 2.45) is 17.6 Å². The van der Waals surface area contributed by atoms with E-state index in [0.717, 1.165) is 19.1 Å². The minimum atomic E-state index is -4.68. The van der Waals surface area contributed by atoms with Crippen molar-refractivity contribution in [3.05, 3.63) is 142 Å². The van der Waals surface area contributed by atoms with E-state index in [1.165, 1.54) is 96.8 Å². The number of benzene rings is 4. The minimum absolute atomic E-state index is 0.0570. The Labute approximate surface area is 744 Å². The van der Waals surface area contributed by atoms with E-state index in [9.17, 15) is 111 Å². The fourth-order valence-corrected chi connectivity index (χ4v) is 13.5. The van der Waals surface area contributed by atoms with Crippen LogP contribution < -0.4 is 87.7 Å². The quantitative estimate of drug-likeness (QED) is 0.0110. The van der Waals surface area contributed by atoms with Crippen LogP contribution in [0.3, 0.4) is 0 Å². The molecule has 2 heterocycles. The van der Waals surface area contributed by atoms with Crippen molar-refractivity contribution in [1.29, 1.82) is 0 Å². The predicted molar refractivity (Wildman–Crippen MR) is 454 cm³/mol. The maximum Gasteiger partial charge on any atom is 0.303 e. The number of nitro benzene ring substituents is 1. The summed E-state index contributed by atoms with van der Waals surface area (Å²) in [6.45, 7) is 6.82. The molecular formula is C84H106N15O30S+. The van der Waals surface area contributed by atoms with Crippen molar-refractivity contribution in [3.8, 4) is 45.8 Å². The monoisotopic (exact) mass is 1840 g/mol. The second-order valence-corrected chi connectivity index (χ2v) is 31.4. The Morgan fingerprint density at radius 3 is 1.52 bits per heavy atom. The van der Waals surface area contributed by atoms with Crippen molar-refractivity contribution in [2.45, 2.75) is 191 Å². The van der Waals surface area contributed by atoms with Crippen LogP contribution in [0, 0.1) is 22.0 Å². The largest absolute Gasteiger partial charge is 0.495 e. The summed E-state index contributed by atoms with van der Waals surface area (Å²) >= 11 is 0. The van der Waals surface area contributed by atoms with E-state index in [4.69, 9.17) is 29.1 Å². The van der Waals surface area contributed by atoms with Gasteiger partial charge in [-0.25, -0.2) is 9.55 Å². The average molecular weight is 1840 g/mol. The van der Waals surface area contributed by atoms with Crippen LogP contribution in [0.25, 0.3) is 22.8 Å². The molecule has 0 fully saturated rings. The highest BCUT2D eigenvalue weighted by Gasteiger charge is 2.38. The number of hydrogen-bond donors (Lipinski definition) is 17. The van der Waals surface area contributed by atoms with Gasteiger partial charge in [-0.2, -0.15) is 8.42 Å². The zero-order chi connectivity index (χ0) is 96.4. The van der Waals surface area contributed by atoms with Crippen molar-refractivity contribution in [1.82, 2.24) is 63.5 Å². The lowest BCUT2D eigenvalue weighted by atomic mass is 9.96. The number of nitrogens with two attached hydrogens (primary N) is 1. The number of primary amides is 1. The van der Waals surface area contributed by atoms with Crippen LogP contribution in [-0.2, 0) is 102 Å². The second kappa shape index (κ2) is 50.0. The van der Waals surface area contributed by atoms with Gasteiger partial charge in [-0.3, -0.25) is 91.4 Å². The van der Waals surface area contributed by atoms with Gasteiger partial charge in [0.2, 0.25) is 70.9 Å². The average Bonchev–Trinajstić information content (AvgIpc) is 1.51. The lowest BCUT2D eigenvalue weighted by Crippen LogP contribution is -2.61. The second-order valence-electron chi connectivity index (χ2n) is 30.0. The highest BCUT2D eigenvalue weighted by atomic mass is 32.2. The number of aliphatic carboxylic acids is 4. The lowest BCUT2D eigenvalue weighted by molar-refractivity contribution is -0.688. The van der Waals surface area contributed by atoms with E-state index in [1.54, 1.807) is 61.1 Å². The third-order valence-corrected chi connectivity index (χ3v) is 21.3. The van der Waals surface area contributed by atoms with Gasteiger partial charge in [-0.05, 0) is 105 Å². The highest BCUT2D eigenvalue weighted by molar-refractivity contribution is 7.86. The van der Waals surface area contributed by atoms with Gasteiger partial charge in [-0.1, -0.05) is 64.8 Å². The predicted octanol–water partition coefficient (Wildman–Crippen LogP) is 1.02. The summed E-state index contributed by atoms with van der Waals surface area (Å²) < 4.78 is 63.2. The Balaban J connectivity index is 1.31. The Morgan fingerprint density at radius 2 is 1.02 bits per heavy atom. The number of rotatable bonds is 54. The van der Waals surface area contributed by atoms with Crippen LogP contribution in [-0.4, -0.2) is 227 Å². The maximum atomic E-state index is 15.2. The number of carbonyl (C=O) groups excluding carboxylic acids is 12. The molecule has 0 spiro atoms. The van der Waals surface area contributed by atoms with Crippen molar-refractivity contribution >= 4 is 111 Å². The number of carbonyl (C=O) groups is 16. The number of ether oxygens (including phenoxy) is 4. The van der Waals surface area contributed by atoms with Gasteiger partial charge >= 0.3 is 23.9 Å². The van der Waals surface area contributed by atoms with Crippen molar-refractivity contribution < 1.29 is 143 Å². The molecule has 12 amide bonds. The van der Waals surface area contributed by atoms with Crippen LogP contribution in [0.1, 0.15) is 139 Å². The number of amides is 12. The van der Waals surface area contributed by atoms with Gasteiger partial charge in [0, 0.05) is 80.0 Å². The maximum absolute atomic E-state index is 15.2. The molecule has 11 atom stereocenters. The number of aromatic nitrogens is 2. The Hall–Kier alpha value is -14.7.